The largest absolute Gasteiger partial charge is 0.381 e. The van der Waals surface area contributed by atoms with Gasteiger partial charge in [-0.1, -0.05) is 0 Å². The van der Waals surface area contributed by atoms with Crippen molar-refractivity contribution in [2.75, 3.05) is 31.7 Å². The van der Waals surface area contributed by atoms with E-state index in [1.165, 1.54) is 6.07 Å². The fourth-order valence-electron chi connectivity index (χ4n) is 2.97. The minimum absolute atomic E-state index is 0.0944. The van der Waals surface area contributed by atoms with Crippen molar-refractivity contribution in [1.29, 1.82) is 0 Å². The molecule has 3 rings (SSSR count). The number of non-ortho nitro benzene ring substituents is 1. The molecule has 2 heterocycles. The van der Waals surface area contributed by atoms with Crippen molar-refractivity contribution < 1.29 is 9.66 Å². The first-order valence-electron chi connectivity index (χ1n) is 7.39. The summed E-state index contributed by atoms with van der Waals surface area (Å²) in [5, 5.41) is 11.8. The molecule has 2 aromatic rings. The summed E-state index contributed by atoms with van der Waals surface area (Å²) in [7, 11) is 2.02. The van der Waals surface area contributed by atoms with E-state index in [1.54, 1.807) is 12.1 Å². The van der Waals surface area contributed by atoms with Gasteiger partial charge in [0.25, 0.3) is 5.69 Å². The molecule has 0 radical (unpaired) electrons. The van der Waals surface area contributed by atoms with E-state index in [2.05, 4.69) is 9.88 Å². The van der Waals surface area contributed by atoms with Crippen LogP contribution in [0.4, 0.5) is 11.4 Å². The lowest BCUT2D eigenvalue weighted by molar-refractivity contribution is -0.384. The number of hydrogen-bond acceptors (Lipinski definition) is 5. The minimum Gasteiger partial charge on any atom is -0.381 e. The molecule has 1 fully saturated rings. The van der Waals surface area contributed by atoms with E-state index in [4.69, 9.17) is 4.74 Å². The third kappa shape index (κ3) is 2.87. The molecule has 6 nitrogen and oxygen atoms in total. The lowest BCUT2D eigenvalue weighted by atomic mass is 10.1. The summed E-state index contributed by atoms with van der Waals surface area (Å²) in [5.41, 5.74) is 2.77. The first-order valence-corrected chi connectivity index (χ1v) is 7.39. The van der Waals surface area contributed by atoms with Crippen molar-refractivity contribution in [2.24, 2.45) is 5.92 Å². The van der Waals surface area contributed by atoms with Crippen LogP contribution >= 0.6 is 0 Å². The van der Waals surface area contributed by atoms with Crippen LogP contribution in [0.15, 0.2) is 24.3 Å². The second kappa shape index (κ2) is 5.88. The topological polar surface area (TPSA) is 68.5 Å². The van der Waals surface area contributed by atoms with Gasteiger partial charge in [0.15, 0.2) is 0 Å². The van der Waals surface area contributed by atoms with E-state index in [1.807, 2.05) is 20.0 Å². The van der Waals surface area contributed by atoms with Gasteiger partial charge in [-0.25, -0.2) is 0 Å². The molecular formula is C16H19N3O3. The SMILES string of the molecule is Cc1cc(N(C)C[C@H]2CCOC2)c2cc([N+](=O)[O-])ccc2n1. The zero-order chi connectivity index (χ0) is 15.7. The van der Waals surface area contributed by atoms with Crippen molar-refractivity contribution in [3.05, 3.63) is 40.1 Å². The molecule has 1 saturated heterocycles. The fourth-order valence-corrected chi connectivity index (χ4v) is 2.97. The van der Waals surface area contributed by atoms with E-state index >= 15 is 0 Å². The van der Waals surface area contributed by atoms with Gasteiger partial charge in [0.05, 0.1) is 17.0 Å². The van der Waals surface area contributed by atoms with Crippen LogP contribution in [0.5, 0.6) is 0 Å². The zero-order valence-electron chi connectivity index (χ0n) is 12.8. The summed E-state index contributed by atoms with van der Waals surface area (Å²) in [6.07, 6.45) is 1.06. The highest BCUT2D eigenvalue weighted by Gasteiger charge is 2.20. The Hall–Kier alpha value is -2.21. The van der Waals surface area contributed by atoms with Gasteiger partial charge in [-0.05, 0) is 25.5 Å². The van der Waals surface area contributed by atoms with Crippen LogP contribution in [0.3, 0.4) is 0 Å². The van der Waals surface area contributed by atoms with Crippen LogP contribution in [0.25, 0.3) is 10.9 Å². The summed E-state index contributed by atoms with van der Waals surface area (Å²) < 4.78 is 5.43. The fraction of sp³-hybridized carbons (Fsp3) is 0.438. The van der Waals surface area contributed by atoms with E-state index in [0.717, 1.165) is 48.5 Å². The monoisotopic (exact) mass is 301 g/mol. The predicted molar refractivity (Wildman–Crippen MR) is 85.3 cm³/mol. The van der Waals surface area contributed by atoms with Crippen molar-refractivity contribution in [3.63, 3.8) is 0 Å². The number of nitro groups is 1. The summed E-state index contributed by atoms with van der Waals surface area (Å²) in [6.45, 7) is 4.42. The molecule has 0 unspecified atom stereocenters. The number of fused-ring (bicyclic) bond motifs is 1. The number of rotatable bonds is 4. The number of ether oxygens (including phenoxy) is 1. The molecule has 1 aromatic carbocycles. The number of hydrogen-bond donors (Lipinski definition) is 0. The zero-order valence-corrected chi connectivity index (χ0v) is 12.8. The number of nitro benzene ring substituents is 1. The second-order valence-corrected chi connectivity index (χ2v) is 5.85. The maximum Gasteiger partial charge on any atom is 0.270 e. The number of aryl methyl sites for hydroxylation is 1. The molecule has 0 amide bonds. The minimum atomic E-state index is -0.367. The van der Waals surface area contributed by atoms with Crippen LogP contribution < -0.4 is 4.90 Å². The van der Waals surface area contributed by atoms with Crippen LogP contribution in [0.2, 0.25) is 0 Å². The highest BCUT2D eigenvalue weighted by molar-refractivity contribution is 5.93. The van der Waals surface area contributed by atoms with Gasteiger partial charge in [0.2, 0.25) is 0 Å². The van der Waals surface area contributed by atoms with E-state index in [9.17, 15) is 10.1 Å². The Balaban J connectivity index is 2.01. The molecule has 0 saturated carbocycles. The van der Waals surface area contributed by atoms with E-state index in [-0.39, 0.29) is 10.6 Å². The van der Waals surface area contributed by atoms with Gasteiger partial charge in [0.1, 0.15) is 0 Å². The summed E-state index contributed by atoms with van der Waals surface area (Å²) in [5.74, 6) is 0.507. The third-order valence-electron chi connectivity index (χ3n) is 4.08. The van der Waals surface area contributed by atoms with Crippen molar-refractivity contribution in [3.8, 4) is 0 Å². The second-order valence-electron chi connectivity index (χ2n) is 5.85. The first kappa shape index (κ1) is 14.7. The maximum absolute atomic E-state index is 11.0. The Morgan fingerprint density at radius 2 is 2.27 bits per heavy atom. The van der Waals surface area contributed by atoms with Crippen molar-refractivity contribution in [2.45, 2.75) is 13.3 Å². The number of pyridine rings is 1. The molecule has 0 spiro atoms. The number of anilines is 1. The van der Waals surface area contributed by atoms with E-state index in [0.29, 0.717) is 5.92 Å². The van der Waals surface area contributed by atoms with Gasteiger partial charge >= 0.3 is 0 Å². The lowest BCUT2D eigenvalue weighted by Gasteiger charge is -2.24. The lowest BCUT2D eigenvalue weighted by Crippen LogP contribution is -2.26. The number of benzene rings is 1. The van der Waals surface area contributed by atoms with Crippen molar-refractivity contribution in [1.82, 2.24) is 4.98 Å². The highest BCUT2D eigenvalue weighted by atomic mass is 16.6. The highest BCUT2D eigenvalue weighted by Crippen LogP contribution is 2.30. The Morgan fingerprint density at radius 3 is 2.95 bits per heavy atom. The molecule has 0 aliphatic carbocycles. The summed E-state index contributed by atoms with van der Waals surface area (Å²) in [4.78, 5) is 17.3. The molecule has 1 atom stereocenters. The van der Waals surface area contributed by atoms with Gasteiger partial charge in [-0.3, -0.25) is 15.1 Å². The van der Waals surface area contributed by atoms with Gasteiger partial charge in [-0.2, -0.15) is 0 Å². The maximum atomic E-state index is 11.0. The normalized spacial score (nSPS) is 17.8. The molecular weight excluding hydrogens is 282 g/mol. The molecule has 1 aliphatic rings. The number of nitrogens with zero attached hydrogens (tertiary/aromatic N) is 3. The van der Waals surface area contributed by atoms with Gasteiger partial charge < -0.3 is 9.64 Å². The molecule has 1 aromatic heterocycles. The first-order chi connectivity index (χ1) is 10.5. The molecule has 22 heavy (non-hydrogen) atoms. The van der Waals surface area contributed by atoms with E-state index < -0.39 is 0 Å². The molecule has 0 bridgehead atoms. The predicted octanol–water partition coefficient (Wildman–Crippen LogP) is 2.92. The Morgan fingerprint density at radius 1 is 1.45 bits per heavy atom. The Bertz CT molecular complexity index is 711. The van der Waals surface area contributed by atoms with Crippen molar-refractivity contribution >= 4 is 22.3 Å². The summed E-state index contributed by atoms with van der Waals surface area (Å²) >= 11 is 0. The van der Waals surface area contributed by atoms with Gasteiger partial charge in [0, 0.05) is 55.0 Å². The average molecular weight is 301 g/mol. The quantitative estimate of drug-likeness (QED) is 0.641. The van der Waals surface area contributed by atoms with Crippen LogP contribution in [0, 0.1) is 23.0 Å². The summed E-state index contributed by atoms with van der Waals surface area (Å²) in [6, 6.07) is 6.82. The van der Waals surface area contributed by atoms with Crippen LogP contribution in [-0.4, -0.2) is 36.7 Å². The smallest absolute Gasteiger partial charge is 0.270 e. The van der Waals surface area contributed by atoms with Crippen LogP contribution in [-0.2, 0) is 4.74 Å². The number of aromatic nitrogens is 1. The molecule has 6 heteroatoms. The standard InChI is InChI=1S/C16H19N3O3/c1-11-7-16(18(2)9-12-5-6-22-10-12)14-8-13(19(20)21)3-4-15(14)17-11/h3-4,7-8,12H,5-6,9-10H2,1-2H3/t12-/m1/s1. The molecule has 116 valence electrons. The average Bonchev–Trinajstić information content (AvgIpc) is 2.98. The van der Waals surface area contributed by atoms with Crippen LogP contribution in [0.1, 0.15) is 12.1 Å². The third-order valence-corrected chi connectivity index (χ3v) is 4.08. The Labute approximate surface area is 128 Å². The molecule has 0 N–H and O–H groups in total. The van der Waals surface area contributed by atoms with Gasteiger partial charge in [-0.15, -0.1) is 0 Å². The Kier molecular flexibility index (Phi) is 3.94. The molecule has 1 aliphatic heterocycles.